The van der Waals surface area contributed by atoms with Gasteiger partial charge in [-0.3, -0.25) is 0 Å². The van der Waals surface area contributed by atoms with Gasteiger partial charge in [-0.25, -0.2) is 0 Å². The monoisotopic (exact) mass is 310 g/mol. The average molecular weight is 311 g/mol. The second kappa shape index (κ2) is 8.02. The van der Waals surface area contributed by atoms with Crippen molar-refractivity contribution in [1.29, 1.82) is 0 Å². The van der Waals surface area contributed by atoms with Crippen molar-refractivity contribution in [2.75, 3.05) is 38.3 Å². The number of methoxy groups -OCH3 is 1. The van der Waals surface area contributed by atoms with E-state index in [-0.39, 0.29) is 0 Å². The Bertz CT molecular complexity index is 450. The fraction of sp³-hybridized carbons (Fsp3) is 0.647. The molecule has 0 amide bonds. The minimum absolute atomic E-state index is 0.721. The van der Waals surface area contributed by atoms with Crippen LogP contribution in [0.25, 0.3) is 0 Å². The van der Waals surface area contributed by atoms with Crippen molar-refractivity contribution in [1.82, 2.24) is 5.32 Å². The van der Waals surface area contributed by atoms with Gasteiger partial charge in [0.05, 0.1) is 6.61 Å². The molecule has 1 unspecified atom stereocenters. The van der Waals surface area contributed by atoms with Crippen LogP contribution in [-0.2, 0) is 11.3 Å². The SMILES string of the molecule is COCCNCc1c(Cl)cccc1N1CCC(C(C)C)C1. The Morgan fingerprint density at radius 1 is 1.43 bits per heavy atom. The molecule has 3 nitrogen and oxygen atoms in total. The van der Waals surface area contributed by atoms with E-state index in [1.165, 1.54) is 17.7 Å². The van der Waals surface area contributed by atoms with Crippen molar-refractivity contribution in [3.8, 4) is 0 Å². The molecule has 1 aliphatic heterocycles. The Hall–Kier alpha value is -0.770. The third-order valence-electron chi connectivity index (χ3n) is 4.39. The van der Waals surface area contributed by atoms with Gasteiger partial charge in [0.25, 0.3) is 0 Å². The molecule has 0 spiro atoms. The van der Waals surface area contributed by atoms with E-state index in [9.17, 15) is 0 Å². The lowest BCUT2D eigenvalue weighted by molar-refractivity contribution is 0.199. The van der Waals surface area contributed by atoms with Gasteiger partial charge in [-0.2, -0.15) is 0 Å². The Labute approximate surface area is 133 Å². The summed E-state index contributed by atoms with van der Waals surface area (Å²) >= 11 is 6.42. The number of nitrogens with zero attached hydrogens (tertiary/aromatic N) is 1. The third kappa shape index (κ3) is 4.35. The number of anilines is 1. The summed E-state index contributed by atoms with van der Waals surface area (Å²) in [5.74, 6) is 1.54. The first kappa shape index (κ1) is 16.6. The predicted octanol–water partition coefficient (Wildman–Crippen LogP) is 3.56. The van der Waals surface area contributed by atoms with Crippen LogP contribution in [0.3, 0.4) is 0 Å². The maximum absolute atomic E-state index is 6.42. The van der Waals surface area contributed by atoms with Gasteiger partial charge in [0.15, 0.2) is 0 Å². The topological polar surface area (TPSA) is 24.5 Å². The van der Waals surface area contributed by atoms with Gasteiger partial charge >= 0.3 is 0 Å². The first-order valence-electron chi connectivity index (χ1n) is 7.85. The van der Waals surface area contributed by atoms with E-state index in [1.807, 2.05) is 6.07 Å². The number of benzene rings is 1. The van der Waals surface area contributed by atoms with Gasteiger partial charge in [0.2, 0.25) is 0 Å². The summed E-state index contributed by atoms with van der Waals surface area (Å²) in [5.41, 5.74) is 2.50. The summed E-state index contributed by atoms with van der Waals surface area (Å²) in [7, 11) is 1.72. The molecule has 2 rings (SSSR count). The van der Waals surface area contributed by atoms with Gasteiger partial charge in [-0.15, -0.1) is 0 Å². The maximum atomic E-state index is 6.42. The first-order valence-corrected chi connectivity index (χ1v) is 8.23. The number of ether oxygens (including phenoxy) is 1. The van der Waals surface area contributed by atoms with Gasteiger partial charge in [-0.1, -0.05) is 31.5 Å². The average Bonchev–Trinajstić information content (AvgIpc) is 2.94. The maximum Gasteiger partial charge on any atom is 0.0587 e. The van der Waals surface area contributed by atoms with Crippen LogP contribution in [0.4, 0.5) is 5.69 Å². The van der Waals surface area contributed by atoms with Gasteiger partial charge < -0.3 is 15.0 Å². The quantitative estimate of drug-likeness (QED) is 0.779. The zero-order valence-corrected chi connectivity index (χ0v) is 14.1. The molecule has 4 heteroatoms. The number of rotatable bonds is 7. The van der Waals surface area contributed by atoms with Crippen LogP contribution in [0, 0.1) is 11.8 Å². The molecule has 1 aromatic rings. The minimum atomic E-state index is 0.721. The highest BCUT2D eigenvalue weighted by Crippen LogP contribution is 2.33. The van der Waals surface area contributed by atoms with Crippen LogP contribution >= 0.6 is 11.6 Å². The molecule has 0 aromatic heterocycles. The Morgan fingerprint density at radius 3 is 2.90 bits per heavy atom. The number of halogens is 1. The van der Waals surface area contributed by atoms with E-state index in [4.69, 9.17) is 16.3 Å². The molecule has 0 aliphatic carbocycles. The smallest absolute Gasteiger partial charge is 0.0587 e. The standard InChI is InChI=1S/C17H27ClN2O/c1-13(2)14-7-9-20(12-14)17-6-4-5-16(18)15(17)11-19-8-10-21-3/h4-6,13-14,19H,7-12H2,1-3H3. The van der Waals surface area contributed by atoms with Crippen LogP contribution in [0.1, 0.15) is 25.8 Å². The largest absolute Gasteiger partial charge is 0.383 e. The first-order chi connectivity index (χ1) is 10.1. The van der Waals surface area contributed by atoms with Crippen molar-refractivity contribution in [2.24, 2.45) is 11.8 Å². The van der Waals surface area contributed by atoms with Crippen molar-refractivity contribution in [3.05, 3.63) is 28.8 Å². The van der Waals surface area contributed by atoms with Crippen LogP contribution in [0.2, 0.25) is 5.02 Å². The van der Waals surface area contributed by atoms with Gasteiger partial charge in [-0.05, 0) is 30.4 Å². The predicted molar refractivity (Wildman–Crippen MR) is 90.2 cm³/mol. The number of hydrogen-bond acceptors (Lipinski definition) is 3. The summed E-state index contributed by atoms with van der Waals surface area (Å²) < 4.78 is 5.07. The second-order valence-corrected chi connectivity index (χ2v) is 6.55. The molecule has 1 aromatic carbocycles. The third-order valence-corrected chi connectivity index (χ3v) is 4.74. The zero-order chi connectivity index (χ0) is 15.2. The molecule has 0 bridgehead atoms. The molecule has 1 aliphatic rings. The van der Waals surface area contributed by atoms with E-state index < -0.39 is 0 Å². The molecule has 0 saturated carbocycles. The molecule has 1 fully saturated rings. The molecule has 1 saturated heterocycles. The number of nitrogens with one attached hydrogen (secondary N) is 1. The lowest BCUT2D eigenvalue weighted by atomic mass is 9.95. The highest BCUT2D eigenvalue weighted by atomic mass is 35.5. The van der Waals surface area contributed by atoms with Crippen LogP contribution in [0.5, 0.6) is 0 Å². The van der Waals surface area contributed by atoms with E-state index >= 15 is 0 Å². The van der Waals surface area contributed by atoms with E-state index in [0.29, 0.717) is 0 Å². The van der Waals surface area contributed by atoms with Crippen molar-refractivity contribution < 1.29 is 4.74 Å². The molecule has 1 heterocycles. The minimum Gasteiger partial charge on any atom is -0.383 e. The van der Waals surface area contributed by atoms with Crippen LogP contribution in [-0.4, -0.2) is 33.4 Å². The van der Waals surface area contributed by atoms with E-state index in [1.54, 1.807) is 7.11 Å². The lowest BCUT2D eigenvalue weighted by Crippen LogP contribution is -2.25. The summed E-state index contributed by atoms with van der Waals surface area (Å²) in [5, 5.41) is 4.26. The molecule has 118 valence electrons. The number of hydrogen-bond donors (Lipinski definition) is 1. The van der Waals surface area contributed by atoms with Crippen LogP contribution in [0.15, 0.2) is 18.2 Å². The second-order valence-electron chi connectivity index (χ2n) is 6.15. The van der Waals surface area contributed by atoms with Gasteiger partial charge in [0, 0.05) is 49.6 Å². The van der Waals surface area contributed by atoms with E-state index in [2.05, 4.69) is 36.2 Å². The van der Waals surface area contributed by atoms with Crippen molar-refractivity contribution in [3.63, 3.8) is 0 Å². The van der Waals surface area contributed by atoms with Crippen LogP contribution < -0.4 is 10.2 Å². The lowest BCUT2D eigenvalue weighted by Gasteiger charge is -2.24. The Kier molecular flexibility index (Phi) is 6.34. The molecule has 1 atom stereocenters. The van der Waals surface area contributed by atoms with Gasteiger partial charge in [0.1, 0.15) is 0 Å². The van der Waals surface area contributed by atoms with Crippen molar-refractivity contribution >= 4 is 17.3 Å². The van der Waals surface area contributed by atoms with Crippen molar-refractivity contribution in [2.45, 2.75) is 26.8 Å². The normalized spacial score (nSPS) is 18.7. The summed E-state index contributed by atoms with van der Waals surface area (Å²) in [6.07, 6.45) is 1.28. The molecular weight excluding hydrogens is 284 g/mol. The molecular formula is C17H27ClN2O. The highest BCUT2D eigenvalue weighted by molar-refractivity contribution is 6.31. The summed E-state index contributed by atoms with van der Waals surface area (Å²) in [6, 6.07) is 6.23. The fourth-order valence-corrected chi connectivity index (χ4v) is 3.19. The Morgan fingerprint density at radius 2 is 2.24 bits per heavy atom. The van der Waals surface area contributed by atoms with E-state index in [0.717, 1.165) is 49.6 Å². The molecule has 0 radical (unpaired) electrons. The Balaban J connectivity index is 2.07. The zero-order valence-electron chi connectivity index (χ0n) is 13.4. The summed E-state index contributed by atoms with van der Waals surface area (Å²) in [4.78, 5) is 2.49. The molecule has 1 N–H and O–H groups in total. The summed E-state index contributed by atoms with van der Waals surface area (Å²) in [6.45, 7) is 9.27. The highest BCUT2D eigenvalue weighted by Gasteiger charge is 2.26. The molecule has 21 heavy (non-hydrogen) atoms. The fourth-order valence-electron chi connectivity index (χ4n) is 2.96.